The van der Waals surface area contributed by atoms with Crippen LogP contribution < -0.4 is 10.6 Å². The van der Waals surface area contributed by atoms with Crippen molar-refractivity contribution in [3.8, 4) is 0 Å². The average molecular weight is 282 g/mol. The van der Waals surface area contributed by atoms with Crippen LogP contribution in [0.25, 0.3) is 0 Å². The third-order valence-electron chi connectivity index (χ3n) is 3.64. The fourth-order valence-electron chi connectivity index (χ4n) is 2.60. The van der Waals surface area contributed by atoms with Gasteiger partial charge in [0.25, 0.3) is 5.91 Å². The first kappa shape index (κ1) is 13.2. The van der Waals surface area contributed by atoms with E-state index in [4.69, 9.17) is 5.73 Å². The summed E-state index contributed by atoms with van der Waals surface area (Å²) < 4.78 is 0. The van der Waals surface area contributed by atoms with Crippen molar-refractivity contribution < 1.29 is 14.7 Å². The number of para-hydroxylation sites is 1. The number of hydrogen-bond acceptors (Lipinski definition) is 3. The van der Waals surface area contributed by atoms with Gasteiger partial charge in [0.2, 0.25) is 0 Å². The summed E-state index contributed by atoms with van der Waals surface area (Å²) in [6.45, 7) is 0. The summed E-state index contributed by atoms with van der Waals surface area (Å²) in [5.41, 5.74) is 8.12. The number of nitrogen functional groups attached to an aromatic ring is 1. The summed E-state index contributed by atoms with van der Waals surface area (Å²) in [5.74, 6) is -1.33. The average Bonchev–Trinajstić information content (AvgIpc) is 2.87. The third kappa shape index (κ3) is 2.23. The number of rotatable bonds is 2. The molecular formula is C16H14N2O3. The maximum Gasteiger partial charge on any atom is 0.327 e. The summed E-state index contributed by atoms with van der Waals surface area (Å²) in [6, 6.07) is 12.9. The van der Waals surface area contributed by atoms with Crippen LogP contribution in [0.2, 0.25) is 0 Å². The van der Waals surface area contributed by atoms with Crippen molar-refractivity contribution in [1.82, 2.24) is 0 Å². The molecule has 3 N–H and O–H groups in total. The van der Waals surface area contributed by atoms with Gasteiger partial charge in [-0.15, -0.1) is 0 Å². The van der Waals surface area contributed by atoms with E-state index >= 15 is 0 Å². The topological polar surface area (TPSA) is 83.6 Å². The highest BCUT2D eigenvalue weighted by Gasteiger charge is 2.38. The van der Waals surface area contributed by atoms with Crippen molar-refractivity contribution in [2.45, 2.75) is 12.5 Å². The van der Waals surface area contributed by atoms with Crippen molar-refractivity contribution >= 4 is 23.3 Å². The molecule has 1 aliphatic rings. The second-order valence-corrected chi connectivity index (χ2v) is 4.98. The second kappa shape index (κ2) is 4.94. The number of anilines is 2. The van der Waals surface area contributed by atoms with E-state index in [2.05, 4.69) is 0 Å². The van der Waals surface area contributed by atoms with Crippen LogP contribution in [0.4, 0.5) is 11.4 Å². The predicted octanol–water partition coefficient (Wildman–Crippen LogP) is 1.92. The van der Waals surface area contributed by atoms with Gasteiger partial charge in [0, 0.05) is 23.4 Å². The van der Waals surface area contributed by atoms with Gasteiger partial charge >= 0.3 is 5.97 Å². The van der Waals surface area contributed by atoms with Gasteiger partial charge in [-0.3, -0.25) is 9.69 Å². The van der Waals surface area contributed by atoms with Crippen LogP contribution in [0.3, 0.4) is 0 Å². The van der Waals surface area contributed by atoms with E-state index in [1.807, 2.05) is 12.1 Å². The van der Waals surface area contributed by atoms with Crippen LogP contribution in [0.5, 0.6) is 0 Å². The molecule has 0 saturated heterocycles. The number of carbonyl (C=O) groups excluding carboxylic acids is 1. The van der Waals surface area contributed by atoms with Crippen LogP contribution in [-0.2, 0) is 11.2 Å². The number of aliphatic carboxylic acids is 1. The number of benzene rings is 2. The van der Waals surface area contributed by atoms with Gasteiger partial charge in [0.05, 0.1) is 0 Å². The van der Waals surface area contributed by atoms with Crippen molar-refractivity contribution in [3.05, 3.63) is 59.7 Å². The van der Waals surface area contributed by atoms with Crippen LogP contribution in [-0.4, -0.2) is 23.0 Å². The Balaban J connectivity index is 2.03. The molecule has 21 heavy (non-hydrogen) atoms. The molecule has 1 aliphatic heterocycles. The lowest BCUT2D eigenvalue weighted by molar-refractivity contribution is -0.138. The van der Waals surface area contributed by atoms with E-state index in [0.717, 1.165) is 5.56 Å². The van der Waals surface area contributed by atoms with E-state index in [-0.39, 0.29) is 5.91 Å². The van der Waals surface area contributed by atoms with Gasteiger partial charge in [-0.1, -0.05) is 18.2 Å². The highest BCUT2D eigenvalue weighted by Crippen LogP contribution is 2.33. The molecular weight excluding hydrogens is 268 g/mol. The lowest BCUT2D eigenvalue weighted by Crippen LogP contribution is -2.42. The van der Waals surface area contributed by atoms with Gasteiger partial charge in [0.15, 0.2) is 0 Å². The molecule has 5 nitrogen and oxygen atoms in total. The van der Waals surface area contributed by atoms with E-state index in [1.54, 1.807) is 36.4 Å². The summed E-state index contributed by atoms with van der Waals surface area (Å²) >= 11 is 0. The summed E-state index contributed by atoms with van der Waals surface area (Å²) in [6.07, 6.45) is 0.326. The van der Waals surface area contributed by atoms with Gasteiger partial charge in [-0.05, 0) is 35.9 Å². The first-order chi connectivity index (χ1) is 10.1. The highest BCUT2D eigenvalue weighted by molar-refractivity contribution is 6.10. The Morgan fingerprint density at radius 1 is 1.10 bits per heavy atom. The molecule has 3 rings (SSSR count). The van der Waals surface area contributed by atoms with Crippen LogP contribution in [0.15, 0.2) is 48.5 Å². The molecule has 1 unspecified atom stereocenters. The molecule has 0 fully saturated rings. The smallest absolute Gasteiger partial charge is 0.327 e. The maximum atomic E-state index is 12.7. The number of nitrogens with two attached hydrogens (primary N) is 1. The second-order valence-electron chi connectivity index (χ2n) is 4.98. The van der Waals surface area contributed by atoms with Crippen molar-refractivity contribution in [2.75, 3.05) is 10.6 Å². The number of amides is 1. The fraction of sp³-hybridized carbons (Fsp3) is 0.125. The zero-order valence-corrected chi connectivity index (χ0v) is 11.2. The fourth-order valence-corrected chi connectivity index (χ4v) is 2.60. The molecule has 0 aromatic heterocycles. The number of fused-ring (bicyclic) bond motifs is 1. The Bertz CT molecular complexity index is 710. The Morgan fingerprint density at radius 3 is 2.43 bits per heavy atom. The van der Waals surface area contributed by atoms with E-state index in [0.29, 0.717) is 23.4 Å². The molecule has 1 amide bonds. The minimum absolute atomic E-state index is 0.326. The van der Waals surface area contributed by atoms with E-state index in [9.17, 15) is 14.7 Å². The lowest BCUT2D eigenvalue weighted by atomic mass is 10.1. The molecule has 0 radical (unpaired) electrons. The van der Waals surface area contributed by atoms with Crippen LogP contribution in [0, 0.1) is 0 Å². The van der Waals surface area contributed by atoms with Gasteiger partial charge in [-0.25, -0.2) is 4.79 Å². The third-order valence-corrected chi connectivity index (χ3v) is 3.64. The standard InChI is InChI=1S/C16H14N2O3/c17-12-7-5-10(6-8-12)15(19)18-13-4-2-1-3-11(13)9-14(18)16(20)21/h1-8,14H,9,17H2,(H,20,21). The van der Waals surface area contributed by atoms with Gasteiger partial charge in [-0.2, -0.15) is 0 Å². The number of carbonyl (C=O) groups is 2. The molecule has 0 aliphatic carbocycles. The molecule has 0 spiro atoms. The van der Waals surface area contributed by atoms with Crippen molar-refractivity contribution in [2.24, 2.45) is 0 Å². The Morgan fingerprint density at radius 2 is 1.76 bits per heavy atom. The SMILES string of the molecule is Nc1ccc(C(=O)N2c3ccccc3CC2C(=O)O)cc1. The minimum atomic E-state index is -1.00. The normalized spacial score (nSPS) is 16.6. The number of carboxylic acids is 1. The number of hydrogen-bond donors (Lipinski definition) is 2. The van der Waals surface area contributed by atoms with Crippen LogP contribution >= 0.6 is 0 Å². The predicted molar refractivity (Wildman–Crippen MR) is 79.2 cm³/mol. The molecule has 1 heterocycles. The molecule has 0 saturated carbocycles. The molecule has 2 aromatic rings. The quantitative estimate of drug-likeness (QED) is 0.824. The zero-order valence-electron chi connectivity index (χ0n) is 11.2. The van der Waals surface area contributed by atoms with Gasteiger partial charge in [0.1, 0.15) is 6.04 Å². The molecule has 0 bridgehead atoms. The minimum Gasteiger partial charge on any atom is -0.480 e. The number of carboxylic acid groups (broad SMARTS) is 1. The Kier molecular flexibility index (Phi) is 3.10. The molecule has 106 valence electrons. The summed E-state index contributed by atoms with van der Waals surface area (Å²) in [7, 11) is 0. The first-order valence-electron chi connectivity index (χ1n) is 6.58. The maximum absolute atomic E-state index is 12.7. The van der Waals surface area contributed by atoms with Crippen LogP contribution in [0.1, 0.15) is 15.9 Å². The molecule has 1 atom stereocenters. The highest BCUT2D eigenvalue weighted by atomic mass is 16.4. The summed E-state index contributed by atoms with van der Waals surface area (Å²) in [5, 5.41) is 9.38. The first-order valence-corrected chi connectivity index (χ1v) is 6.58. The largest absolute Gasteiger partial charge is 0.480 e. The Hall–Kier alpha value is -2.82. The monoisotopic (exact) mass is 282 g/mol. The number of nitrogens with zero attached hydrogens (tertiary/aromatic N) is 1. The molecule has 2 aromatic carbocycles. The Labute approximate surface area is 121 Å². The zero-order chi connectivity index (χ0) is 15.0. The van der Waals surface area contributed by atoms with Crippen molar-refractivity contribution in [3.63, 3.8) is 0 Å². The van der Waals surface area contributed by atoms with E-state index in [1.165, 1.54) is 4.90 Å². The van der Waals surface area contributed by atoms with E-state index < -0.39 is 12.0 Å². The lowest BCUT2D eigenvalue weighted by Gasteiger charge is -2.22. The van der Waals surface area contributed by atoms with Crippen molar-refractivity contribution in [1.29, 1.82) is 0 Å². The molecule has 5 heteroatoms. The summed E-state index contributed by atoms with van der Waals surface area (Å²) in [4.78, 5) is 25.5. The van der Waals surface area contributed by atoms with Gasteiger partial charge < -0.3 is 10.8 Å².